The van der Waals surface area contributed by atoms with E-state index >= 15 is 0 Å². The van der Waals surface area contributed by atoms with Gasteiger partial charge in [0.2, 0.25) is 5.91 Å². The molecule has 4 rings (SSSR count). The number of hydrogen-bond acceptors (Lipinski definition) is 3. The molecule has 24 heavy (non-hydrogen) atoms. The summed E-state index contributed by atoms with van der Waals surface area (Å²) in [5.74, 6) is -1.04. The van der Waals surface area contributed by atoms with Crippen LogP contribution in [0, 0.1) is 0 Å². The number of rotatable bonds is 2. The molecule has 120 valence electrons. The quantitative estimate of drug-likeness (QED) is 0.799. The molecule has 2 aliphatic rings. The smallest absolute Gasteiger partial charge is 0.273 e. The van der Waals surface area contributed by atoms with E-state index in [2.05, 4.69) is 0 Å². The Morgan fingerprint density at radius 1 is 0.792 bits per heavy atom. The minimum atomic E-state index is -0.424. The van der Waals surface area contributed by atoms with E-state index in [-0.39, 0.29) is 11.9 Å². The lowest BCUT2D eigenvalue weighted by molar-refractivity contribution is -0.150. The van der Waals surface area contributed by atoms with Crippen LogP contribution < -0.4 is 0 Å². The fourth-order valence-corrected chi connectivity index (χ4v) is 3.46. The highest BCUT2D eigenvalue weighted by Crippen LogP contribution is 2.36. The molecule has 0 bridgehead atoms. The molecule has 3 amide bonds. The summed E-state index contributed by atoms with van der Waals surface area (Å²) < 4.78 is 0. The van der Waals surface area contributed by atoms with Crippen LogP contribution in [0.3, 0.4) is 0 Å². The van der Waals surface area contributed by atoms with Gasteiger partial charge in [-0.25, -0.2) is 5.01 Å². The standard InChI is InChI=1S/C19H16N2O3/c22-17-12-6-11-16(13-7-2-1-3-8-13)20(17)21-18(23)14-9-4-5-10-15(14)19(21)24/h1-5,7-10,16H,6,11-12H2. The molecule has 0 radical (unpaired) electrons. The number of nitrogens with zero attached hydrogens (tertiary/aromatic N) is 2. The van der Waals surface area contributed by atoms with E-state index in [0.717, 1.165) is 23.4 Å². The van der Waals surface area contributed by atoms with Crippen LogP contribution in [0.15, 0.2) is 54.6 Å². The summed E-state index contributed by atoms with van der Waals surface area (Å²) in [7, 11) is 0. The monoisotopic (exact) mass is 320 g/mol. The van der Waals surface area contributed by atoms with Crippen molar-refractivity contribution in [2.24, 2.45) is 0 Å². The van der Waals surface area contributed by atoms with Gasteiger partial charge in [0, 0.05) is 6.42 Å². The highest BCUT2D eigenvalue weighted by atomic mass is 16.2. The predicted octanol–water partition coefficient (Wildman–Crippen LogP) is 2.95. The van der Waals surface area contributed by atoms with Gasteiger partial charge in [0.15, 0.2) is 0 Å². The Hall–Kier alpha value is -2.95. The molecule has 5 nitrogen and oxygen atoms in total. The van der Waals surface area contributed by atoms with Gasteiger partial charge in [-0.2, -0.15) is 5.01 Å². The minimum Gasteiger partial charge on any atom is -0.273 e. The van der Waals surface area contributed by atoms with E-state index in [9.17, 15) is 14.4 Å². The third kappa shape index (κ3) is 2.12. The molecular formula is C19H16N2O3. The van der Waals surface area contributed by atoms with Crippen molar-refractivity contribution in [3.05, 3.63) is 71.3 Å². The second kappa shape index (κ2) is 5.60. The number of hydrazine groups is 1. The van der Waals surface area contributed by atoms with Gasteiger partial charge in [-0.3, -0.25) is 14.4 Å². The lowest BCUT2D eigenvalue weighted by atomic mass is 9.96. The fourth-order valence-electron chi connectivity index (χ4n) is 3.46. The first-order chi connectivity index (χ1) is 11.7. The summed E-state index contributed by atoms with van der Waals surface area (Å²) >= 11 is 0. The Labute approximate surface area is 139 Å². The number of hydrogen-bond donors (Lipinski definition) is 0. The zero-order chi connectivity index (χ0) is 16.7. The number of carbonyl (C=O) groups excluding carboxylic acids is 3. The molecule has 1 atom stereocenters. The first kappa shape index (κ1) is 14.6. The van der Waals surface area contributed by atoms with Crippen molar-refractivity contribution < 1.29 is 14.4 Å². The molecule has 1 unspecified atom stereocenters. The Morgan fingerprint density at radius 3 is 2.00 bits per heavy atom. The van der Waals surface area contributed by atoms with E-state index < -0.39 is 11.8 Å². The van der Waals surface area contributed by atoms with Crippen molar-refractivity contribution in [1.82, 2.24) is 10.0 Å². The first-order valence-corrected chi connectivity index (χ1v) is 8.03. The van der Waals surface area contributed by atoms with E-state index in [4.69, 9.17) is 0 Å². The molecule has 1 fully saturated rings. The Kier molecular flexibility index (Phi) is 3.41. The van der Waals surface area contributed by atoms with Crippen LogP contribution in [0.25, 0.3) is 0 Å². The molecule has 0 aliphatic carbocycles. The van der Waals surface area contributed by atoms with Crippen LogP contribution in [0.4, 0.5) is 0 Å². The van der Waals surface area contributed by atoms with Gasteiger partial charge in [-0.1, -0.05) is 42.5 Å². The van der Waals surface area contributed by atoms with E-state index in [1.54, 1.807) is 24.3 Å². The van der Waals surface area contributed by atoms with Crippen molar-refractivity contribution in [3.63, 3.8) is 0 Å². The van der Waals surface area contributed by atoms with Crippen LogP contribution in [0.5, 0.6) is 0 Å². The third-order valence-corrected chi connectivity index (χ3v) is 4.59. The second-order valence-corrected chi connectivity index (χ2v) is 6.02. The summed E-state index contributed by atoms with van der Waals surface area (Å²) in [5, 5.41) is 2.40. The topological polar surface area (TPSA) is 57.7 Å². The van der Waals surface area contributed by atoms with Gasteiger partial charge in [0.25, 0.3) is 11.8 Å². The van der Waals surface area contributed by atoms with Gasteiger partial charge in [-0.15, -0.1) is 0 Å². The Morgan fingerprint density at radius 2 is 1.38 bits per heavy atom. The Balaban J connectivity index is 1.77. The molecule has 0 saturated carbocycles. The number of benzene rings is 2. The van der Waals surface area contributed by atoms with Gasteiger partial charge < -0.3 is 0 Å². The van der Waals surface area contributed by atoms with Crippen molar-refractivity contribution >= 4 is 17.7 Å². The number of piperidine rings is 1. The minimum absolute atomic E-state index is 0.190. The van der Waals surface area contributed by atoms with E-state index in [0.29, 0.717) is 17.5 Å². The van der Waals surface area contributed by atoms with Crippen molar-refractivity contribution in [2.45, 2.75) is 25.3 Å². The van der Waals surface area contributed by atoms with Crippen molar-refractivity contribution in [1.29, 1.82) is 0 Å². The van der Waals surface area contributed by atoms with E-state index in [1.165, 1.54) is 5.01 Å². The zero-order valence-corrected chi connectivity index (χ0v) is 13.0. The number of fused-ring (bicyclic) bond motifs is 1. The summed E-state index contributed by atoms with van der Waals surface area (Å²) in [5.41, 5.74) is 1.64. The number of carbonyl (C=O) groups is 3. The maximum Gasteiger partial charge on any atom is 0.280 e. The van der Waals surface area contributed by atoms with Crippen molar-refractivity contribution in [3.8, 4) is 0 Å². The maximum absolute atomic E-state index is 12.7. The lowest BCUT2D eigenvalue weighted by Crippen LogP contribution is -2.52. The SMILES string of the molecule is O=C1c2ccccc2C(=O)N1N1C(=O)CCCC1c1ccccc1. The molecule has 1 saturated heterocycles. The van der Waals surface area contributed by atoms with Gasteiger partial charge in [0.1, 0.15) is 0 Å². The van der Waals surface area contributed by atoms with Gasteiger partial charge in [0.05, 0.1) is 17.2 Å². The summed E-state index contributed by atoms with van der Waals surface area (Å²) in [4.78, 5) is 38.1. The highest BCUT2D eigenvalue weighted by Gasteiger charge is 2.45. The highest BCUT2D eigenvalue weighted by molar-refractivity contribution is 6.21. The fraction of sp³-hybridized carbons (Fsp3) is 0.211. The summed E-state index contributed by atoms with van der Waals surface area (Å²) in [6.45, 7) is 0. The summed E-state index contributed by atoms with van der Waals surface area (Å²) in [6.07, 6.45) is 1.82. The lowest BCUT2D eigenvalue weighted by Gasteiger charge is -2.40. The van der Waals surface area contributed by atoms with Crippen LogP contribution in [0.2, 0.25) is 0 Å². The Bertz CT molecular complexity index is 797. The third-order valence-electron chi connectivity index (χ3n) is 4.59. The maximum atomic E-state index is 12.7. The van der Waals surface area contributed by atoms with Crippen molar-refractivity contribution in [2.75, 3.05) is 0 Å². The van der Waals surface area contributed by atoms with Crippen LogP contribution in [-0.2, 0) is 4.79 Å². The molecule has 2 heterocycles. The molecule has 2 aliphatic heterocycles. The number of imide groups is 1. The molecular weight excluding hydrogens is 304 g/mol. The zero-order valence-electron chi connectivity index (χ0n) is 13.0. The average Bonchev–Trinajstić information content (AvgIpc) is 2.87. The van der Waals surface area contributed by atoms with Gasteiger partial charge >= 0.3 is 0 Å². The molecule has 0 spiro atoms. The molecule has 5 heteroatoms. The van der Waals surface area contributed by atoms with Crippen LogP contribution in [-0.4, -0.2) is 27.7 Å². The van der Waals surface area contributed by atoms with Crippen LogP contribution >= 0.6 is 0 Å². The molecule has 2 aromatic carbocycles. The van der Waals surface area contributed by atoms with Gasteiger partial charge in [-0.05, 0) is 30.5 Å². The second-order valence-electron chi connectivity index (χ2n) is 6.02. The van der Waals surface area contributed by atoms with Crippen LogP contribution in [0.1, 0.15) is 51.6 Å². The molecule has 0 N–H and O–H groups in total. The predicted molar refractivity (Wildman–Crippen MR) is 86.8 cm³/mol. The average molecular weight is 320 g/mol. The first-order valence-electron chi connectivity index (χ1n) is 8.03. The largest absolute Gasteiger partial charge is 0.280 e. The van der Waals surface area contributed by atoms with E-state index in [1.807, 2.05) is 30.3 Å². The summed E-state index contributed by atoms with van der Waals surface area (Å²) in [6, 6.07) is 16.0. The molecule has 0 aromatic heterocycles. The normalized spacial score (nSPS) is 20.5. The molecule has 2 aromatic rings. The number of amides is 3.